The minimum absolute atomic E-state index is 0.317. The van der Waals surface area contributed by atoms with Crippen molar-refractivity contribution in [1.29, 1.82) is 0 Å². The van der Waals surface area contributed by atoms with E-state index in [2.05, 4.69) is 23.8 Å². The number of benzene rings is 1. The lowest BCUT2D eigenvalue weighted by Crippen LogP contribution is -2.12. The SMILES string of the molecule is CCCOC(=O)c1c(N)n(CC(C)C)c2nc3ccccc3nc12. The number of hydrogen-bond donors (Lipinski definition) is 1. The van der Waals surface area contributed by atoms with Crippen molar-refractivity contribution >= 4 is 34.0 Å². The summed E-state index contributed by atoms with van der Waals surface area (Å²) in [4.78, 5) is 21.8. The average molecular weight is 326 g/mol. The molecule has 0 unspecified atom stereocenters. The van der Waals surface area contributed by atoms with Crippen LogP contribution in [0, 0.1) is 5.92 Å². The number of rotatable bonds is 5. The highest BCUT2D eigenvalue weighted by molar-refractivity contribution is 6.08. The Labute approximate surface area is 140 Å². The number of aromatic nitrogens is 3. The first-order valence-corrected chi connectivity index (χ1v) is 8.24. The predicted octanol–water partition coefficient (Wildman–Crippen LogP) is 3.39. The summed E-state index contributed by atoms with van der Waals surface area (Å²) in [6, 6.07) is 7.59. The lowest BCUT2D eigenvalue weighted by Gasteiger charge is -2.10. The minimum atomic E-state index is -0.438. The van der Waals surface area contributed by atoms with Gasteiger partial charge in [-0.05, 0) is 24.5 Å². The Balaban J connectivity index is 2.26. The van der Waals surface area contributed by atoms with Crippen molar-refractivity contribution in [1.82, 2.24) is 14.5 Å². The quantitative estimate of drug-likeness (QED) is 0.727. The number of nitrogens with two attached hydrogens (primary N) is 1. The van der Waals surface area contributed by atoms with E-state index in [0.29, 0.717) is 41.6 Å². The first kappa shape index (κ1) is 16.2. The average Bonchev–Trinajstić information content (AvgIpc) is 2.82. The van der Waals surface area contributed by atoms with E-state index in [4.69, 9.17) is 10.5 Å². The van der Waals surface area contributed by atoms with Gasteiger partial charge in [-0.3, -0.25) is 0 Å². The molecule has 0 amide bonds. The van der Waals surface area contributed by atoms with Crippen LogP contribution in [0.5, 0.6) is 0 Å². The molecule has 2 aromatic heterocycles. The molecule has 3 aromatic rings. The van der Waals surface area contributed by atoms with E-state index >= 15 is 0 Å². The van der Waals surface area contributed by atoms with Gasteiger partial charge in [-0.25, -0.2) is 14.8 Å². The van der Waals surface area contributed by atoms with Crippen molar-refractivity contribution in [3.05, 3.63) is 29.8 Å². The number of para-hydroxylation sites is 2. The Hall–Kier alpha value is -2.63. The fourth-order valence-electron chi connectivity index (χ4n) is 2.74. The summed E-state index contributed by atoms with van der Waals surface area (Å²) < 4.78 is 7.16. The predicted molar refractivity (Wildman–Crippen MR) is 94.9 cm³/mol. The summed E-state index contributed by atoms with van der Waals surface area (Å²) in [5.41, 5.74) is 9.25. The van der Waals surface area contributed by atoms with Crippen LogP contribution in [0.3, 0.4) is 0 Å². The van der Waals surface area contributed by atoms with Gasteiger partial charge in [0.15, 0.2) is 5.65 Å². The van der Waals surface area contributed by atoms with E-state index in [1.54, 1.807) is 0 Å². The van der Waals surface area contributed by atoms with Crippen LogP contribution < -0.4 is 5.73 Å². The number of fused-ring (bicyclic) bond motifs is 2. The smallest absolute Gasteiger partial charge is 0.344 e. The van der Waals surface area contributed by atoms with Gasteiger partial charge in [0.2, 0.25) is 0 Å². The van der Waals surface area contributed by atoms with Crippen LogP contribution in [-0.4, -0.2) is 27.1 Å². The van der Waals surface area contributed by atoms with E-state index in [1.165, 1.54) is 0 Å². The highest BCUT2D eigenvalue weighted by Gasteiger charge is 2.25. The molecular formula is C18H22N4O2. The first-order valence-electron chi connectivity index (χ1n) is 8.24. The number of carbonyl (C=O) groups is 1. The molecule has 0 aliphatic heterocycles. The van der Waals surface area contributed by atoms with Gasteiger partial charge in [0.25, 0.3) is 0 Å². The molecule has 6 heteroatoms. The topological polar surface area (TPSA) is 83.0 Å². The minimum Gasteiger partial charge on any atom is -0.462 e. The number of esters is 1. The van der Waals surface area contributed by atoms with Gasteiger partial charge in [0, 0.05) is 6.54 Å². The summed E-state index contributed by atoms with van der Waals surface area (Å²) in [5, 5.41) is 0. The second-order valence-electron chi connectivity index (χ2n) is 6.29. The largest absolute Gasteiger partial charge is 0.462 e. The maximum absolute atomic E-state index is 12.5. The molecule has 0 atom stereocenters. The van der Waals surface area contributed by atoms with Crippen LogP contribution in [0.1, 0.15) is 37.6 Å². The number of anilines is 1. The Kier molecular flexibility index (Phi) is 4.38. The zero-order valence-corrected chi connectivity index (χ0v) is 14.2. The molecule has 2 heterocycles. The monoisotopic (exact) mass is 326 g/mol. The zero-order valence-electron chi connectivity index (χ0n) is 14.2. The highest BCUT2D eigenvalue weighted by atomic mass is 16.5. The molecule has 2 N–H and O–H groups in total. The standard InChI is InChI=1S/C18H22N4O2/c1-4-9-24-18(23)14-15-17(22(16(14)19)10-11(2)3)21-13-8-6-5-7-12(13)20-15/h5-8,11H,4,9-10,19H2,1-3H3. The van der Waals surface area contributed by atoms with Gasteiger partial charge in [-0.15, -0.1) is 0 Å². The maximum Gasteiger partial charge on any atom is 0.344 e. The molecular weight excluding hydrogens is 304 g/mol. The summed E-state index contributed by atoms with van der Waals surface area (Å²) in [5.74, 6) is 0.289. The van der Waals surface area contributed by atoms with Crippen LogP contribution in [-0.2, 0) is 11.3 Å². The molecule has 0 spiro atoms. The number of nitrogen functional groups attached to an aromatic ring is 1. The van der Waals surface area contributed by atoms with E-state index in [9.17, 15) is 4.79 Å². The highest BCUT2D eigenvalue weighted by Crippen LogP contribution is 2.29. The van der Waals surface area contributed by atoms with E-state index < -0.39 is 5.97 Å². The lowest BCUT2D eigenvalue weighted by molar-refractivity contribution is 0.0508. The van der Waals surface area contributed by atoms with E-state index in [-0.39, 0.29) is 0 Å². The van der Waals surface area contributed by atoms with Crippen molar-refractivity contribution in [2.24, 2.45) is 5.92 Å². The van der Waals surface area contributed by atoms with Crippen molar-refractivity contribution in [2.45, 2.75) is 33.7 Å². The number of hydrogen-bond acceptors (Lipinski definition) is 5. The lowest BCUT2D eigenvalue weighted by atomic mass is 10.2. The van der Waals surface area contributed by atoms with Gasteiger partial charge in [-0.2, -0.15) is 0 Å². The molecule has 24 heavy (non-hydrogen) atoms. The first-order chi connectivity index (χ1) is 11.5. The maximum atomic E-state index is 12.5. The number of ether oxygens (including phenoxy) is 1. The fraction of sp³-hybridized carbons (Fsp3) is 0.389. The molecule has 0 aliphatic carbocycles. The summed E-state index contributed by atoms with van der Waals surface area (Å²) >= 11 is 0. The van der Waals surface area contributed by atoms with Crippen LogP contribution in [0.4, 0.5) is 5.82 Å². The number of nitrogens with zero attached hydrogens (tertiary/aromatic N) is 3. The van der Waals surface area contributed by atoms with E-state index in [0.717, 1.165) is 17.5 Å². The van der Waals surface area contributed by atoms with Crippen molar-refractivity contribution in [2.75, 3.05) is 12.3 Å². The van der Waals surface area contributed by atoms with Gasteiger partial charge in [0.05, 0.1) is 17.6 Å². The molecule has 3 rings (SSSR count). The Morgan fingerprint density at radius 3 is 2.54 bits per heavy atom. The van der Waals surface area contributed by atoms with Crippen LogP contribution in [0.2, 0.25) is 0 Å². The van der Waals surface area contributed by atoms with Gasteiger partial charge in [-0.1, -0.05) is 32.9 Å². The molecule has 1 aromatic carbocycles. The fourth-order valence-corrected chi connectivity index (χ4v) is 2.74. The normalized spacial score (nSPS) is 11.5. The van der Waals surface area contributed by atoms with Gasteiger partial charge in [0.1, 0.15) is 16.9 Å². The molecule has 0 radical (unpaired) electrons. The van der Waals surface area contributed by atoms with Crippen LogP contribution >= 0.6 is 0 Å². The van der Waals surface area contributed by atoms with Crippen molar-refractivity contribution < 1.29 is 9.53 Å². The Morgan fingerprint density at radius 1 is 1.25 bits per heavy atom. The van der Waals surface area contributed by atoms with Gasteiger partial charge < -0.3 is 15.0 Å². The zero-order chi connectivity index (χ0) is 17.3. The molecule has 0 fully saturated rings. The Bertz CT molecular complexity index is 899. The van der Waals surface area contributed by atoms with Crippen LogP contribution in [0.15, 0.2) is 24.3 Å². The third-order valence-electron chi connectivity index (χ3n) is 3.78. The summed E-state index contributed by atoms with van der Waals surface area (Å²) in [6.07, 6.45) is 0.755. The second kappa shape index (κ2) is 6.47. The molecule has 0 bridgehead atoms. The van der Waals surface area contributed by atoms with Crippen molar-refractivity contribution in [3.8, 4) is 0 Å². The molecule has 6 nitrogen and oxygen atoms in total. The third kappa shape index (κ3) is 2.79. The van der Waals surface area contributed by atoms with E-state index in [1.807, 2.05) is 35.8 Å². The van der Waals surface area contributed by atoms with Gasteiger partial charge >= 0.3 is 5.97 Å². The third-order valence-corrected chi connectivity index (χ3v) is 3.78. The molecule has 0 saturated carbocycles. The number of carbonyl (C=O) groups excluding carboxylic acids is 1. The molecule has 126 valence electrons. The van der Waals surface area contributed by atoms with Crippen LogP contribution in [0.25, 0.3) is 22.2 Å². The second-order valence-corrected chi connectivity index (χ2v) is 6.29. The molecule has 0 aliphatic rings. The summed E-state index contributed by atoms with van der Waals surface area (Å²) in [7, 11) is 0. The summed E-state index contributed by atoms with van der Waals surface area (Å²) in [6.45, 7) is 7.15. The Morgan fingerprint density at radius 2 is 1.92 bits per heavy atom. The molecule has 0 saturated heterocycles. The van der Waals surface area contributed by atoms with Crippen molar-refractivity contribution in [3.63, 3.8) is 0 Å².